The molecular weight excluding hydrogens is 291 g/mol. The van der Waals surface area contributed by atoms with Crippen molar-refractivity contribution in [3.8, 4) is 0 Å². The Hall–Kier alpha value is 1.78. The van der Waals surface area contributed by atoms with Gasteiger partial charge in [-0.2, -0.15) is 0 Å². The molecule has 0 bridgehead atoms. The summed E-state index contributed by atoms with van der Waals surface area (Å²) in [6.45, 7) is 0. The summed E-state index contributed by atoms with van der Waals surface area (Å²) in [5.41, 5.74) is 0. The molecule has 0 unspecified atom stereocenters. The molecular formula is AlO2Th+3. The van der Waals surface area contributed by atoms with Gasteiger partial charge in [-0.1, -0.05) is 0 Å². The van der Waals surface area contributed by atoms with Crippen LogP contribution >= 0.6 is 0 Å². The minimum Gasteiger partial charge on any atom is -2.00 e. The van der Waals surface area contributed by atoms with Gasteiger partial charge in [0.05, 0.1) is 0 Å². The zero-order valence-corrected chi connectivity index (χ0v) is 7.16. The molecule has 0 atom stereocenters. The van der Waals surface area contributed by atoms with Crippen molar-refractivity contribution in [3.05, 3.63) is 0 Å². The average Bonchev–Trinajstić information content (AvgIpc) is 0. The van der Waals surface area contributed by atoms with Crippen LogP contribution in [0.15, 0.2) is 0 Å². The van der Waals surface area contributed by atoms with Crippen molar-refractivity contribution in [2.75, 3.05) is 0 Å². The topological polar surface area (TPSA) is 57.0 Å². The predicted molar refractivity (Wildman–Crippen MR) is 7.13 cm³/mol. The number of hydrogen-bond donors (Lipinski definition) is 0. The number of rotatable bonds is 0. The fourth-order valence-electron chi connectivity index (χ4n) is 0. The summed E-state index contributed by atoms with van der Waals surface area (Å²) < 4.78 is 0. The quantitative estimate of drug-likeness (QED) is 0.534. The van der Waals surface area contributed by atoms with Gasteiger partial charge in [-0.25, -0.2) is 0 Å². The minimum atomic E-state index is 0. The van der Waals surface area contributed by atoms with E-state index >= 15 is 0 Å². The van der Waals surface area contributed by atoms with Gasteiger partial charge >= 0.3 is 57.3 Å². The molecule has 4 heavy (non-hydrogen) atoms. The van der Waals surface area contributed by atoms with E-state index in [2.05, 4.69) is 0 Å². The van der Waals surface area contributed by atoms with Gasteiger partial charge in [0.2, 0.25) is 0 Å². The fraction of sp³-hybridized carbons (Fsp3) is 0. The van der Waals surface area contributed by atoms with Crippen molar-refractivity contribution < 1.29 is 50.9 Å². The zero-order valence-electron chi connectivity index (χ0n) is 1.89. The first-order valence-electron chi connectivity index (χ1n) is 0. The second-order valence-electron chi connectivity index (χ2n) is 0. The molecule has 0 aliphatic heterocycles. The summed E-state index contributed by atoms with van der Waals surface area (Å²) in [5, 5.41) is 0. The monoisotopic (exact) mass is 291 g/mol. The third kappa shape index (κ3) is 9.22. The van der Waals surface area contributed by atoms with Gasteiger partial charge in [0.15, 0.2) is 0 Å². The molecule has 0 aliphatic rings. The van der Waals surface area contributed by atoms with Gasteiger partial charge in [-0.05, 0) is 0 Å². The molecule has 0 fully saturated rings. The summed E-state index contributed by atoms with van der Waals surface area (Å²) in [6.07, 6.45) is 0. The molecule has 0 radical (unpaired) electrons. The molecule has 0 aromatic heterocycles. The smallest absolute Gasteiger partial charge is 2.00 e. The summed E-state index contributed by atoms with van der Waals surface area (Å²) in [6, 6.07) is 0. The molecule has 0 spiro atoms. The van der Waals surface area contributed by atoms with Gasteiger partial charge in [-0.15, -0.1) is 0 Å². The van der Waals surface area contributed by atoms with Crippen molar-refractivity contribution >= 4 is 17.4 Å². The SMILES string of the molecule is [Al+3].[O-2].[O-2].[Th+4]. The molecule has 0 saturated carbocycles. The second-order valence-corrected chi connectivity index (χ2v) is 0. The van der Waals surface area contributed by atoms with Crippen LogP contribution in [0.4, 0.5) is 0 Å². The van der Waals surface area contributed by atoms with Crippen LogP contribution in [0.1, 0.15) is 0 Å². The maximum Gasteiger partial charge on any atom is 4.00 e. The van der Waals surface area contributed by atoms with Gasteiger partial charge in [-0.3, -0.25) is 0 Å². The first kappa shape index (κ1) is 41.7. The Kier molecular flexibility index (Phi) is 225. The molecule has 0 aromatic carbocycles. The first-order chi connectivity index (χ1) is 0. The summed E-state index contributed by atoms with van der Waals surface area (Å²) in [5.74, 6) is 0. The van der Waals surface area contributed by atoms with E-state index in [9.17, 15) is 0 Å². The molecule has 0 aliphatic carbocycles. The number of hydrogen-bond acceptors (Lipinski definition) is 0. The Labute approximate surface area is 67.4 Å². The molecule has 0 aromatic rings. The van der Waals surface area contributed by atoms with Crippen molar-refractivity contribution in [3.63, 3.8) is 0 Å². The van der Waals surface area contributed by atoms with Gasteiger partial charge in [0.25, 0.3) is 0 Å². The van der Waals surface area contributed by atoms with Crippen LogP contribution in [0.2, 0.25) is 0 Å². The third-order valence-corrected chi connectivity index (χ3v) is 0. The van der Waals surface area contributed by atoms with Crippen molar-refractivity contribution in [1.29, 1.82) is 0 Å². The standard InChI is InChI=1S/Al.2O.Th/q+3;2*-2;+4. The van der Waals surface area contributed by atoms with E-state index in [4.69, 9.17) is 0 Å². The second kappa shape index (κ2) is 21.6. The zero-order chi connectivity index (χ0) is 0. The molecule has 0 amide bonds. The van der Waals surface area contributed by atoms with Crippen LogP contribution in [-0.2, 0) is 11.0 Å². The molecule has 0 saturated heterocycles. The van der Waals surface area contributed by atoms with Crippen molar-refractivity contribution in [1.82, 2.24) is 0 Å². The van der Waals surface area contributed by atoms with Crippen molar-refractivity contribution in [2.24, 2.45) is 0 Å². The maximum absolute atomic E-state index is 0. The molecule has 2 nitrogen and oxygen atoms in total. The van der Waals surface area contributed by atoms with E-state index in [1.807, 2.05) is 0 Å². The Morgan fingerprint density at radius 3 is 0.750 bits per heavy atom. The predicted octanol–water partition coefficient (Wildman–Crippen LogP) is -0.618. The Balaban J connectivity index is 0. The minimum absolute atomic E-state index is 0. The molecule has 0 heterocycles. The van der Waals surface area contributed by atoms with Crippen LogP contribution in [0.3, 0.4) is 0 Å². The van der Waals surface area contributed by atoms with Gasteiger partial charge in [0.1, 0.15) is 0 Å². The van der Waals surface area contributed by atoms with Crippen LogP contribution in [-0.4, -0.2) is 17.4 Å². The van der Waals surface area contributed by atoms with Crippen molar-refractivity contribution in [2.45, 2.75) is 0 Å². The fourth-order valence-corrected chi connectivity index (χ4v) is 0. The average molecular weight is 291 g/mol. The van der Waals surface area contributed by atoms with E-state index in [1.165, 1.54) is 0 Å². The summed E-state index contributed by atoms with van der Waals surface area (Å²) in [7, 11) is 0. The molecule has 16 valence electrons. The van der Waals surface area contributed by atoms with E-state index in [1.54, 1.807) is 0 Å². The van der Waals surface area contributed by atoms with E-state index in [-0.39, 0.29) is 68.3 Å². The third-order valence-electron chi connectivity index (χ3n) is 0. The summed E-state index contributed by atoms with van der Waals surface area (Å²) >= 11 is 0. The summed E-state index contributed by atoms with van der Waals surface area (Å²) in [4.78, 5) is 0. The van der Waals surface area contributed by atoms with Crippen LogP contribution in [0.5, 0.6) is 0 Å². The largest absolute Gasteiger partial charge is 4.00 e. The Morgan fingerprint density at radius 2 is 0.750 bits per heavy atom. The van der Waals surface area contributed by atoms with Crippen LogP contribution in [0, 0.1) is 39.9 Å². The molecule has 0 N–H and O–H groups in total. The van der Waals surface area contributed by atoms with Crippen LogP contribution in [0.25, 0.3) is 0 Å². The van der Waals surface area contributed by atoms with E-state index in [0.717, 1.165) is 0 Å². The van der Waals surface area contributed by atoms with Gasteiger partial charge in [0, 0.05) is 0 Å². The van der Waals surface area contributed by atoms with E-state index in [0.29, 0.717) is 0 Å². The van der Waals surface area contributed by atoms with E-state index < -0.39 is 0 Å². The maximum atomic E-state index is 0. The first-order valence-corrected chi connectivity index (χ1v) is 0. The Morgan fingerprint density at radius 1 is 0.750 bits per heavy atom. The molecule has 0 rings (SSSR count). The normalized spacial score (nSPS) is 0. The Bertz CT molecular complexity index is 6.00. The van der Waals surface area contributed by atoms with Gasteiger partial charge < -0.3 is 11.0 Å². The van der Waals surface area contributed by atoms with Crippen LogP contribution < -0.4 is 0 Å². The molecule has 4 heteroatoms.